The van der Waals surface area contributed by atoms with Gasteiger partial charge in [-0.2, -0.15) is 0 Å². The maximum Gasteiger partial charge on any atom is 1.00 e. The minimum absolute atomic E-state index is 0. The summed E-state index contributed by atoms with van der Waals surface area (Å²) in [6, 6.07) is 0. The third-order valence-electron chi connectivity index (χ3n) is 7.55. The maximum absolute atomic E-state index is 12.8. The Morgan fingerprint density at radius 2 is 1.91 bits per heavy atom. The molecule has 186 valence electrons. The number of carboxylic acid groups (broad SMARTS) is 1. The van der Waals surface area contributed by atoms with Crippen molar-refractivity contribution in [3.63, 3.8) is 0 Å². The van der Waals surface area contributed by atoms with Crippen LogP contribution in [0.15, 0.2) is 11.6 Å². The van der Waals surface area contributed by atoms with Crippen molar-refractivity contribution in [3.05, 3.63) is 11.6 Å². The van der Waals surface area contributed by atoms with Crippen LogP contribution in [0.25, 0.3) is 0 Å². The van der Waals surface area contributed by atoms with Crippen molar-refractivity contribution in [1.29, 1.82) is 0 Å². The molecule has 3 aliphatic heterocycles. The second-order valence-corrected chi connectivity index (χ2v) is 10.7. The van der Waals surface area contributed by atoms with E-state index < -0.39 is 23.8 Å². The number of hydrogen-bond donors (Lipinski definition) is 0. The third-order valence-corrected chi connectivity index (χ3v) is 7.55. The standard InChI is InChI=1S/C24H37NO8.Na/c1-14(2)7-8-17-23(5,33-17)19-18(29-6)16(9-10-24(19)13-30-24)31-21(28)25-11-15(12-25)32-22(3,4)20(26)27;/h7,15-19H,8-13H2,1-6H3,(H,26,27);/q;+1/p-1/t16-,17-,18-,19-,23+,24+;/m1./s1. The van der Waals surface area contributed by atoms with Crippen LogP contribution in [0, 0.1) is 5.92 Å². The third kappa shape index (κ3) is 5.36. The predicted octanol–water partition coefficient (Wildman–Crippen LogP) is -1.57. The molecular formula is C24H36NNaO8. The number of aliphatic carboxylic acids is 1. The molecule has 4 rings (SSSR count). The number of epoxide rings is 2. The first kappa shape index (κ1) is 27.9. The normalized spacial score (nSPS) is 36.8. The minimum Gasteiger partial charge on any atom is -0.547 e. The van der Waals surface area contributed by atoms with Gasteiger partial charge in [0.05, 0.1) is 43.8 Å². The number of carboxylic acids is 1. The Labute approximate surface area is 223 Å². The molecule has 1 spiro atoms. The van der Waals surface area contributed by atoms with E-state index in [0.717, 1.165) is 12.8 Å². The van der Waals surface area contributed by atoms with Gasteiger partial charge in [0.1, 0.15) is 29.0 Å². The molecule has 10 heteroatoms. The number of likely N-dealkylation sites (tertiary alicyclic amines) is 1. The smallest absolute Gasteiger partial charge is 0.547 e. The molecule has 0 aromatic rings. The molecule has 0 N–H and O–H groups in total. The Bertz CT molecular complexity index is 818. The van der Waals surface area contributed by atoms with Crippen molar-refractivity contribution in [2.45, 2.75) is 95.1 Å². The van der Waals surface area contributed by atoms with Gasteiger partial charge < -0.3 is 38.5 Å². The van der Waals surface area contributed by atoms with Crippen LogP contribution in [0.1, 0.15) is 53.9 Å². The Morgan fingerprint density at radius 1 is 1.26 bits per heavy atom. The van der Waals surface area contributed by atoms with E-state index in [1.54, 1.807) is 7.11 Å². The minimum atomic E-state index is -1.40. The Balaban J connectivity index is 0.00000324. The van der Waals surface area contributed by atoms with Crippen LogP contribution < -0.4 is 34.7 Å². The van der Waals surface area contributed by atoms with Crippen molar-refractivity contribution in [3.8, 4) is 0 Å². The van der Waals surface area contributed by atoms with Crippen LogP contribution >= 0.6 is 0 Å². The Hall–Kier alpha value is -0.680. The molecule has 0 unspecified atom stereocenters. The molecule has 1 aliphatic carbocycles. The first-order valence-electron chi connectivity index (χ1n) is 11.7. The zero-order valence-corrected chi connectivity index (χ0v) is 23.4. The monoisotopic (exact) mass is 489 g/mol. The zero-order chi connectivity index (χ0) is 24.2. The number of nitrogens with zero attached hydrogens (tertiary/aromatic N) is 1. The molecule has 4 aliphatic rings. The molecule has 3 heterocycles. The summed E-state index contributed by atoms with van der Waals surface area (Å²) < 4.78 is 29.5. The van der Waals surface area contributed by atoms with E-state index in [1.807, 2.05) is 0 Å². The largest absolute Gasteiger partial charge is 1.00 e. The topological polar surface area (TPSA) is 113 Å². The fourth-order valence-electron chi connectivity index (χ4n) is 5.40. The van der Waals surface area contributed by atoms with Crippen molar-refractivity contribution in [1.82, 2.24) is 4.90 Å². The Kier molecular flexibility index (Phi) is 8.20. The van der Waals surface area contributed by atoms with Gasteiger partial charge in [0.15, 0.2) is 0 Å². The summed E-state index contributed by atoms with van der Waals surface area (Å²) in [5, 5.41) is 11.1. The van der Waals surface area contributed by atoms with Gasteiger partial charge in [-0.15, -0.1) is 0 Å². The van der Waals surface area contributed by atoms with Crippen LogP contribution in [0.4, 0.5) is 4.79 Å². The molecule has 4 fully saturated rings. The van der Waals surface area contributed by atoms with Crippen LogP contribution in [0.2, 0.25) is 0 Å². The van der Waals surface area contributed by atoms with Crippen molar-refractivity contribution >= 4 is 12.1 Å². The maximum atomic E-state index is 12.8. The van der Waals surface area contributed by atoms with E-state index in [4.69, 9.17) is 23.7 Å². The fourth-order valence-corrected chi connectivity index (χ4v) is 5.40. The van der Waals surface area contributed by atoms with E-state index in [1.165, 1.54) is 24.3 Å². The van der Waals surface area contributed by atoms with E-state index in [-0.39, 0.29) is 78.1 Å². The van der Waals surface area contributed by atoms with Gasteiger partial charge in [-0.1, -0.05) is 11.6 Å². The number of rotatable bonds is 8. The number of carbonyl (C=O) groups is 2. The second kappa shape index (κ2) is 10.00. The van der Waals surface area contributed by atoms with Gasteiger partial charge in [0.2, 0.25) is 0 Å². The molecule has 0 aromatic heterocycles. The van der Waals surface area contributed by atoms with Crippen LogP contribution in [0.3, 0.4) is 0 Å². The average molecular weight is 490 g/mol. The van der Waals surface area contributed by atoms with Gasteiger partial charge in [0, 0.05) is 7.11 Å². The SMILES string of the molecule is CO[C@@H]1[C@H](OC(=O)N2CC(OC(C)(C)C(=O)[O-])C2)CC[C@]2(CO2)[C@H]1[C@@]1(C)O[C@@H]1CC=C(C)C.[Na+]. The van der Waals surface area contributed by atoms with E-state index in [0.29, 0.717) is 13.0 Å². The summed E-state index contributed by atoms with van der Waals surface area (Å²) in [6.45, 7) is 10.4. The molecular weight excluding hydrogens is 453 g/mol. The number of allylic oxidation sites excluding steroid dienone is 1. The first-order valence-corrected chi connectivity index (χ1v) is 11.7. The van der Waals surface area contributed by atoms with Gasteiger partial charge in [-0.3, -0.25) is 0 Å². The van der Waals surface area contributed by atoms with Crippen molar-refractivity contribution in [2.24, 2.45) is 5.92 Å². The first-order chi connectivity index (χ1) is 15.4. The number of ether oxygens (including phenoxy) is 5. The van der Waals surface area contributed by atoms with Crippen molar-refractivity contribution < 1.29 is 67.9 Å². The zero-order valence-electron chi connectivity index (χ0n) is 21.4. The van der Waals surface area contributed by atoms with E-state index in [2.05, 4.69) is 26.8 Å². The summed E-state index contributed by atoms with van der Waals surface area (Å²) in [6.07, 6.45) is 3.00. The van der Waals surface area contributed by atoms with Crippen LogP contribution in [0.5, 0.6) is 0 Å². The number of amides is 1. The Morgan fingerprint density at radius 3 is 2.44 bits per heavy atom. The molecule has 6 atom stereocenters. The molecule has 0 radical (unpaired) electrons. The van der Waals surface area contributed by atoms with Crippen molar-refractivity contribution in [2.75, 3.05) is 26.8 Å². The average Bonchev–Trinajstić information content (AvgIpc) is 3.61. The summed E-state index contributed by atoms with van der Waals surface area (Å²) in [5.41, 5.74) is -0.813. The van der Waals surface area contributed by atoms with E-state index in [9.17, 15) is 14.7 Å². The number of hydrogen-bond acceptors (Lipinski definition) is 8. The molecule has 0 aromatic carbocycles. The predicted molar refractivity (Wildman–Crippen MR) is 115 cm³/mol. The molecule has 1 amide bonds. The summed E-state index contributed by atoms with van der Waals surface area (Å²) in [7, 11) is 1.65. The fraction of sp³-hybridized carbons (Fsp3) is 0.833. The van der Waals surface area contributed by atoms with Crippen LogP contribution in [-0.2, 0) is 28.5 Å². The van der Waals surface area contributed by atoms with Gasteiger partial charge in [0.25, 0.3) is 0 Å². The van der Waals surface area contributed by atoms with Gasteiger partial charge >= 0.3 is 35.7 Å². The van der Waals surface area contributed by atoms with Crippen LogP contribution in [-0.4, -0.2) is 85.0 Å². The number of methoxy groups -OCH3 is 1. The summed E-state index contributed by atoms with van der Waals surface area (Å²) in [5.74, 6) is -1.32. The molecule has 34 heavy (non-hydrogen) atoms. The van der Waals surface area contributed by atoms with Gasteiger partial charge in [-0.05, 0) is 53.9 Å². The summed E-state index contributed by atoms with van der Waals surface area (Å²) >= 11 is 0. The summed E-state index contributed by atoms with van der Waals surface area (Å²) in [4.78, 5) is 25.4. The molecule has 9 nitrogen and oxygen atoms in total. The number of carbonyl (C=O) groups excluding carboxylic acids is 2. The second-order valence-electron chi connectivity index (χ2n) is 10.7. The molecule has 3 saturated heterocycles. The quantitative estimate of drug-likeness (QED) is 0.228. The molecule has 1 saturated carbocycles. The van der Waals surface area contributed by atoms with Gasteiger partial charge in [-0.25, -0.2) is 4.79 Å². The molecule has 0 bridgehead atoms. The van der Waals surface area contributed by atoms with E-state index >= 15 is 0 Å².